The van der Waals surface area contributed by atoms with Crippen molar-refractivity contribution in [1.29, 1.82) is 5.26 Å². The van der Waals surface area contributed by atoms with Gasteiger partial charge in [-0.3, -0.25) is 0 Å². The number of benzene rings is 1. The predicted octanol–water partition coefficient (Wildman–Crippen LogP) is 2.39. The molecule has 0 bridgehead atoms. The van der Waals surface area contributed by atoms with Crippen LogP contribution in [0, 0.1) is 23.0 Å². The summed E-state index contributed by atoms with van der Waals surface area (Å²) in [4.78, 5) is 0. The summed E-state index contributed by atoms with van der Waals surface area (Å²) < 4.78 is 37.0. The maximum atomic E-state index is 13.5. The van der Waals surface area contributed by atoms with Crippen molar-refractivity contribution in [3.05, 3.63) is 29.3 Å². The topological polar surface area (TPSA) is 42.2 Å². The Labute approximate surface area is 97.6 Å². The number of hydrogen-bond acceptors (Lipinski definition) is 3. The van der Waals surface area contributed by atoms with Crippen molar-refractivity contribution in [2.45, 2.75) is 18.9 Å². The zero-order chi connectivity index (χ0) is 12.3. The van der Waals surface area contributed by atoms with Gasteiger partial charge in [-0.05, 0) is 6.07 Å². The Bertz CT molecular complexity index is 451. The number of nitrogens with zero attached hydrogens (tertiary/aromatic N) is 1. The van der Waals surface area contributed by atoms with Crippen LogP contribution < -0.4 is 4.74 Å². The van der Waals surface area contributed by atoms with Gasteiger partial charge in [0.1, 0.15) is 18.0 Å². The summed E-state index contributed by atoms with van der Waals surface area (Å²) >= 11 is 0. The molecule has 2 rings (SSSR count). The molecule has 17 heavy (non-hydrogen) atoms. The summed E-state index contributed by atoms with van der Waals surface area (Å²) in [5.41, 5.74) is -0.117. The number of hydrogen-bond donors (Lipinski definition) is 0. The predicted molar refractivity (Wildman–Crippen MR) is 55.5 cm³/mol. The van der Waals surface area contributed by atoms with Gasteiger partial charge in [0.05, 0.1) is 18.8 Å². The first-order valence-corrected chi connectivity index (χ1v) is 5.34. The smallest absolute Gasteiger partial charge is 0.173 e. The molecule has 1 saturated heterocycles. The first-order valence-electron chi connectivity index (χ1n) is 5.34. The van der Waals surface area contributed by atoms with E-state index in [1.807, 2.05) is 0 Å². The van der Waals surface area contributed by atoms with Crippen molar-refractivity contribution in [3.63, 3.8) is 0 Å². The maximum Gasteiger partial charge on any atom is 0.173 e. The highest BCUT2D eigenvalue weighted by atomic mass is 19.1. The maximum absolute atomic E-state index is 13.5. The second-order valence-corrected chi connectivity index (χ2v) is 3.81. The van der Waals surface area contributed by atoms with Gasteiger partial charge < -0.3 is 9.47 Å². The highest BCUT2D eigenvalue weighted by Gasteiger charge is 2.20. The summed E-state index contributed by atoms with van der Waals surface area (Å²) in [7, 11) is 0. The minimum Gasteiger partial charge on any atom is -0.486 e. The van der Waals surface area contributed by atoms with Crippen molar-refractivity contribution in [1.82, 2.24) is 0 Å². The molecule has 0 unspecified atom stereocenters. The van der Waals surface area contributed by atoms with Crippen LogP contribution in [0.3, 0.4) is 0 Å². The fraction of sp³-hybridized carbons (Fsp3) is 0.417. The average Bonchev–Trinajstić information content (AvgIpc) is 2.33. The second-order valence-electron chi connectivity index (χ2n) is 3.81. The molecule has 1 aromatic carbocycles. The standard InChI is InChI=1S/C12H11F2NO2/c13-9-5-8(7-15)12(11(14)6-9)17-10-1-3-16-4-2-10/h5-6,10H,1-4H2. The van der Waals surface area contributed by atoms with Crippen molar-refractivity contribution >= 4 is 0 Å². The largest absolute Gasteiger partial charge is 0.486 e. The summed E-state index contributed by atoms with van der Waals surface area (Å²) in [6.07, 6.45) is 1.10. The van der Waals surface area contributed by atoms with Crippen molar-refractivity contribution in [3.8, 4) is 11.8 Å². The number of ether oxygens (including phenoxy) is 2. The van der Waals surface area contributed by atoms with E-state index in [1.165, 1.54) is 0 Å². The average molecular weight is 239 g/mol. The van der Waals surface area contributed by atoms with Crippen LogP contribution in [0.15, 0.2) is 12.1 Å². The molecule has 1 heterocycles. The van der Waals surface area contributed by atoms with Gasteiger partial charge in [0, 0.05) is 18.9 Å². The molecule has 0 atom stereocenters. The fourth-order valence-electron chi connectivity index (χ4n) is 1.72. The molecule has 0 aromatic heterocycles. The van der Waals surface area contributed by atoms with E-state index in [2.05, 4.69) is 0 Å². The van der Waals surface area contributed by atoms with Crippen LogP contribution >= 0.6 is 0 Å². The van der Waals surface area contributed by atoms with Crippen LogP contribution in [0.4, 0.5) is 8.78 Å². The van der Waals surface area contributed by atoms with Crippen LogP contribution in [-0.4, -0.2) is 19.3 Å². The Morgan fingerprint density at radius 1 is 1.29 bits per heavy atom. The van der Waals surface area contributed by atoms with Crippen LogP contribution in [0.1, 0.15) is 18.4 Å². The third-order valence-electron chi connectivity index (χ3n) is 2.58. The van der Waals surface area contributed by atoms with E-state index in [1.54, 1.807) is 6.07 Å². The van der Waals surface area contributed by atoms with Crippen LogP contribution in [0.2, 0.25) is 0 Å². The Hall–Kier alpha value is -1.67. The van der Waals surface area contributed by atoms with E-state index in [4.69, 9.17) is 14.7 Å². The van der Waals surface area contributed by atoms with E-state index >= 15 is 0 Å². The molecule has 1 aliphatic heterocycles. The van der Waals surface area contributed by atoms with Gasteiger partial charge in [-0.2, -0.15) is 5.26 Å². The zero-order valence-electron chi connectivity index (χ0n) is 9.08. The molecule has 0 aliphatic carbocycles. The molecule has 1 fully saturated rings. The molecule has 5 heteroatoms. The number of rotatable bonds is 2. The van der Waals surface area contributed by atoms with E-state index in [0.29, 0.717) is 26.1 Å². The zero-order valence-corrected chi connectivity index (χ0v) is 9.08. The molecule has 1 aliphatic rings. The molecular weight excluding hydrogens is 228 g/mol. The summed E-state index contributed by atoms with van der Waals surface area (Å²) in [6, 6.07) is 3.42. The molecular formula is C12H11F2NO2. The van der Waals surface area contributed by atoms with Gasteiger partial charge >= 0.3 is 0 Å². The molecule has 1 aromatic rings. The summed E-state index contributed by atoms with van der Waals surface area (Å²) in [6.45, 7) is 1.10. The van der Waals surface area contributed by atoms with E-state index < -0.39 is 11.6 Å². The van der Waals surface area contributed by atoms with E-state index in [9.17, 15) is 8.78 Å². The van der Waals surface area contributed by atoms with Crippen molar-refractivity contribution in [2.75, 3.05) is 13.2 Å². The minimum atomic E-state index is -0.840. The van der Waals surface area contributed by atoms with Crippen molar-refractivity contribution < 1.29 is 18.3 Å². The van der Waals surface area contributed by atoms with Crippen molar-refractivity contribution in [2.24, 2.45) is 0 Å². The lowest BCUT2D eigenvalue weighted by Gasteiger charge is -2.23. The summed E-state index contributed by atoms with van der Waals surface area (Å²) in [5.74, 6) is -1.78. The lowest BCUT2D eigenvalue weighted by Crippen LogP contribution is -2.26. The first kappa shape index (κ1) is 11.8. The SMILES string of the molecule is N#Cc1cc(F)cc(F)c1OC1CCOCC1. The van der Waals surface area contributed by atoms with Gasteiger partial charge in [-0.15, -0.1) is 0 Å². The van der Waals surface area contributed by atoms with Crippen LogP contribution in [0.25, 0.3) is 0 Å². The lowest BCUT2D eigenvalue weighted by molar-refractivity contribution is 0.0238. The molecule has 0 N–H and O–H groups in total. The quantitative estimate of drug-likeness (QED) is 0.795. The van der Waals surface area contributed by atoms with Gasteiger partial charge in [0.15, 0.2) is 11.6 Å². The second kappa shape index (κ2) is 5.11. The Morgan fingerprint density at radius 2 is 2.00 bits per heavy atom. The molecule has 0 saturated carbocycles. The van der Waals surface area contributed by atoms with E-state index in [-0.39, 0.29) is 17.4 Å². The monoisotopic (exact) mass is 239 g/mol. The highest BCUT2D eigenvalue weighted by molar-refractivity contribution is 5.44. The Kier molecular flexibility index (Phi) is 3.55. The van der Waals surface area contributed by atoms with Gasteiger partial charge in [0.2, 0.25) is 0 Å². The number of halogens is 2. The third kappa shape index (κ3) is 2.71. The minimum absolute atomic E-state index is 0.117. The molecule has 0 spiro atoms. The van der Waals surface area contributed by atoms with Gasteiger partial charge in [-0.25, -0.2) is 8.78 Å². The van der Waals surface area contributed by atoms with Crippen LogP contribution in [0.5, 0.6) is 5.75 Å². The van der Waals surface area contributed by atoms with Gasteiger partial charge in [0.25, 0.3) is 0 Å². The number of nitriles is 1. The third-order valence-corrected chi connectivity index (χ3v) is 2.58. The lowest BCUT2D eigenvalue weighted by atomic mass is 10.1. The normalized spacial score (nSPS) is 16.5. The fourth-order valence-corrected chi connectivity index (χ4v) is 1.72. The van der Waals surface area contributed by atoms with E-state index in [0.717, 1.165) is 12.1 Å². The molecule has 90 valence electrons. The summed E-state index contributed by atoms with van der Waals surface area (Å²) in [5, 5.41) is 8.81. The molecule has 3 nitrogen and oxygen atoms in total. The Morgan fingerprint density at radius 3 is 2.65 bits per heavy atom. The molecule has 0 amide bonds. The Balaban J connectivity index is 2.22. The highest BCUT2D eigenvalue weighted by Crippen LogP contribution is 2.26. The first-order chi connectivity index (χ1) is 8.20. The van der Waals surface area contributed by atoms with Crippen LogP contribution in [-0.2, 0) is 4.74 Å². The van der Waals surface area contributed by atoms with Gasteiger partial charge in [-0.1, -0.05) is 0 Å². The molecule has 0 radical (unpaired) electrons.